The van der Waals surface area contributed by atoms with Crippen LogP contribution in [0, 0.1) is 0 Å². The Morgan fingerprint density at radius 3 is 2.25 bits per heavy atom. The molecule has 0 spiro atoms. The summed E-state index contributed by atoms with van der Waals surface area (Å²) in [5.74, 6) is 0.244. The third-order valence-corrected chi connectivity index (χ3v) is 3.80. The maximum Gasteiger partial charge on any atom is 0.331 e. The van der Waals surface area contributed by atoms with E-state index in [1.165, 1.54) is 11.0 Å². The molecule has 0 radical (unpaired) electrons. The molecule has 6 nitrogen and oxygen atoms in total. The van der Waals surface area contributed by atoms with E-state index >= 15 is 0 Å². The number of carbonyl (C=O) groups is 2. The first-order valence-electron chi connectivity index (χ1n) is 8.61. The average molecular weight is 381 g/mol. The summed E-state index contributed by atoms with van der Waals surface area (Å²) in [7, 11) is 3.09. The van der Waals surface area contributed by atoms with Gasteiger partial charge in [0.25, 0.3) is 5.91 Å². The van der Waals surface area contributed by atoms with E-state index < -0.39 is 5.97 Å². The summed E-state index contributed by atoms with van der Waals surface area (Å²) in [6, 6.07) is 14.4. The van der Waals surface area contributed by atoms with E-state index in [0.717, 1.165) is 0 Å². The number of methoxy groups -OCH3 is 2. The maximum absolute atomic E-state index is 12.4. The van der Waals surface area contributed by atoms with E-state index in [4.69, 9.17) is 14.2 Å². The lowest BCUT2D eigenvalue weighted by Crippen LogP contribution is -2.34. The highest BCUT2D eigenvalue weighted by atomic mass is 16.5. The van der Waals surface area contributed by atoms with Crippen LogP contribution in [0.15, 0.2) is 67.3 Å². The molecule has 146 valence electrons. The number of rotatable bonds is 9. The predicted octanol–water partition coefficient (Wildman–Crippen LogP) is 3.48. The Hall–Kier alpha value is -3.54. The fourth-order valence-electron chi connectivity index (χ4n) is 2.44. The summed E-state index contributed by atoms with van der Waals surface area (Å²) >= 11 is 0. The monoisotopic (exact) mass is 381 g/mol. The number of carbonyl (C=O) groups excluding carboxylic acids is 2. The van der Waals surface area contributed by atoms with Crippen LogP contribution in [0.5, 0.6) is 11.5 Å². The van der Waals surface area contributed by atoms with Gasteiger partial charge < -0.3 is 19.1 Å². The van der Waals surface area contributed by atoms with Crippen molar-refractivity contribution in [3.8, 4) is 11.5 Å². The Balaban J connectivity index is 1.98. The molecule has 6 heteroatoms. The molecule has 0 saturated carbocycles. The Morgan fingerprint density at radius 2 is 1.68 bits per heavy atom. The minimum atomic E-state index is -0.623. The molecule has 0 unspecified atom stereocenters. The molecule has 2 aromatic rings. The van der Waals surface area contributed by atoms with Crippen LogP contribution in [-0.4, -0.2) is 39.2 Å². The SMILES string of the molecule is C=CCN(C(=O)COC(=O)/C=C/c1cc(OC)cc(OC)c1)c1ccccc1. The molecule has 0 aliphatic rings. The van der Waals surface area contributed by atoms with Crippen molar-refractivity contribution >= 4 is 23.6 Å². The van der Waals surface area contributed by atoms with E-state index in [-0.39, 0.29) is 12.5 Å². The predicted molar refractivity (Wildman–Crippen MR) is 109 cm³/mol. The second-order valence-electron chi connectivity index (χ2n) is 5.72. The summed E-state index contributed by atoms with van der Waals surface area (Å²) in [4.78, 5) is 25.9. The molecule has 0 heterocycles. The lowest BCUT2D eigenvalue weighted by Gasteiger charge is -2.20. The number of ether oxygens (including phenoxy) is 3. The number of anilines is 1. The quantitative estimate of drug-likeness (QED) is 0.378. The van der Waals surface area contributed by atoms with Crippen LogP contribution in [0.25, 0.3) is 6.08 Å². The van der Waals surface area contributed by atoms with Crippen molar-refractivity contribution < 1.29 is 23.8 Å². The molecule has 1 amide bonds. The number of hydrogen-bond donors (Lipinski definition) is 0. The average Bonchev–Trinajstić information content (AvgIpc) is 2.74. The summed E-state index contributed by atoms with van der Waals surface area (Å²) < 4.78 is 15.4. The molecule has 0 aliphatic heterocycles. The fourth-order valence-corrected chi connectivity index (χ4v) is 2.44. The summed E-state index contributed by atoms with van der Waals surface area (Å²) in [5.41, 5.74) is 1.42. The topological polar surface area (TPSA) is 65.1 Å². The zero-order valence-electron chi connectivity index (χ0n) is 16.0. The highest BCUT2D eigenvalue weighted by molar-refractivity contribution is 5.96. The van der Waals surface area contributed by atoms with Gasteiger partial charge in [-0.1, -0.05) is 24.3 Å². The van der Waals surface area contributed by atoms with E-state index in [2.05, 4.69) is 6.58 Å². The molecule has 0 N–H and O–H groups in total. The minimum absolute atomic E-state index is 0.319. The first-order valence-corrected chi connectivity index (χ1v) is 8.61. The lowest BCUT2D eigenvalue weighted by molar-refractivity contribution is -0.142. The Bertz CT molecular complexity index is 823. The zero-order chi connectivity index (χ0) is 20.4. The van der Waals surface area contributed by atoms with Crippen molar-refractivity contribution in [2.75, 3.05) is 32.3 Å². The Labute approximate surface area is 164 Å². The first kappa shape index (κ1) is 20.8. The van der Waals surface area contributed by atoms with Gasteiger partial charge in [0.05, 0.1) is 14.2 Å². The van der Waals surface area contributed by atoms with Crippen molar-refractivity contribution in [1.82, 2.24) is 0 Å². The largest absolute Gasteiger partial charge is 0.497 e. The molecule has 0 atom stereocenters. The maximum atomic E-state index is 12.4. The standard InChI is InChI=1S/C22H23NO5/c1-4-12-23(18-8-6-5-7-9-18)21(24)16-28-22(25)11-10-17-13-19(26-2)15-20(14-17)27-3/h4-11,13-15H,1,12,16H2,2-3H3/b11-10+. The Morgan fingerprint density at radius 1 is 1.04 bits per heavy atom. The molecular formula is C22H23NO5. The smallest absolute Gasteiger partial charge is 0.331 e. The molecule has 2 aromatic carbocycles. The van der Waals surface area contributed by atoms with Gasteiger partial charge in [-0.25, -0.2) is 4.79 Å². The molecule has 0 saturated heterocycles. The number of hydrogen-bond acceptors (Lipinski definition) is 5. The second-order valence-corrected chi connectivity index (χ2v) is 5.72. The first-order chi connectivity index (χ1) is 13.6. The fraction of sp³-hybridized carbons (Fsp3) is 0.182. The van der Waals surface area contributed by atoms with Crippen molar-refractivity contribution in [1.29, 1.82) is 0 Å². The van der Waals surface area contributed by atoms with Crippen LogP contribution >= 0.6 is 0 Å². The summed E-state index contributed by atoms with van der Waals surface area (Å²) in [5, 5.41) is 0. The van der Waals surface area contributed by atoms with E-state index in [9.17, 15) is 9.59 Å². The normalized spacial score (nSPS) is 10.4. The molecule has 0 aliphatic carbocycles. The van der Waals surface area contributed by atoms with Crippen LogP contribution in [0.1, 0.15) is 5.56 Å². The van der Waals surface area contributed by atoms with Crippen molar-refractivity contribution in [3.63, 3.8) is 0 Å². The van der Waals surface area contributed by atoms with Gasteiger partial charge in [-0.05, 0) is 35.9 Å². The van der Waals surface area contributed by atoms with Crippen LogP contribution in [0.4, 0.5) is 5.69 Å². The van der Waals surface area contributed by atoms with Gasteiger partial charge in [0.15, 0.2) is 6.61 Å². The molecule has 28 heavy (non-hydrogen) atoms. The van der Waals surface area contributed by atoms with Crippen molar-refractivity contribution in [2.24, 2.45) is 0 Å². The highest BCUT2D eigenvalue weighted by Gasteiger charge is 2.15. The minimum Gasteiger partial charge on any atom is -0.497 e. The van der Waals surface area contributed by atoms with Gasteiger partial charge >= 0.3 is 5.97 Å². The van der Waals surface area contributed by atoms with Gasteiger partial charge in [-0.2, -0.15) is 0 Å². The Kier molecular flexibility index (Phi) is 7.84. The van der Waals surface area contributed by atoms with Gasteiger partial charge in [-0.15, -0.1) is 6.58 Å². The van der Waals surface area contributed by atoms with Gasteiger partial charge in [0, 0.05) is 24.4 Å². The highest BCUT2D eigenvalue weighted by Crippen LogP contribution is 2.23. The summed E-state index contributed by atoms with van der Waals surface area (Å²) in [6.07, 6.45) is 4.43. The number of nitrogens with zero attached hydrogens (tertiary/aromatic N) is 1. The van der Waals surface area contributed by atoms with Crippen molar-refractivity contribution in [2.45, 2.75) is 0 Å². The number of esters is 1. The van der Waals surface area contributed by atoms with E-state index in [1.54, 1.807) is 56.7 Å². The molecule has 2 rings (SSSR count). The number of amides is 1. The zero-order valence-corrected chi connectivity index (χ0v) is 16.0. The third kappa shape index (κ3) is 6.02. The van der Waals surface area contributed by atoms with Crippen LogP contribution < -0.4 is 14.4 Å². The van der Waals surface area contributed by atoms with Gasteiger partial charge in [-0.3, -0.25) is 4.79 Å². The lowest BCUT2D eigenvalue weighted by atomic mass is 10.2. The number of para-hydroxylation sites is 1. The summed E-state index contributed by atoms with van der Waals surface area (Å²) in [6.45, 7) is 3.61. The van der Waals surface area contributed by atoms with Crippen molar-refractivity contribution in [3.05, 3.63) is 72.8 Å². The van der Waals surface area contributed by atoms with Crippen LogP contribution in [-0.2, 0) is 14.3 Å². The van der Waals surface area contributed by atoms with Gasteiger partial charge in [0.2, 0.25) is 0 Å². The third-order valence-electron chi connectivity index (χ3n) is 3.80. The van der Waals surface area contributed by atoms with Crippen LogP contribution in [0.2, 0.25) is 0 Å². The van der Waals surface area contributed by atoms with E-state index in [0.29, 0.717) is 29.3 Å². The molecule has 0 fully saturated rings. The number of benzene rings is 2. The molecule has 0 bridgehead atoms. The van der Waals surface area contributed by atoms with Gasteiger partial charge in [0.1, 0.15) is 11.5 Å². The van der Waals surface area contributed by atoms with E-state index in [1.807, 2.05) is 18.2 Å². The molecular weight excluding hydrogens is 358 g/mol. The van der Waals surface area contributed by atoms with Crippen LogP contribution in [0.3, 0.4) is 0 Å². The second kappa shape index (κ2) is 10.6. The molecule has 0 aromatic heterocycles.